The Morgan fingerprint density at radius 1 is 1.28 bits per heavy atom. The molecule has 1 unspecified atom stereocenters. The number of aromatic nitrogens is 1. The summed E-state index contributed by atoms with van der Waals surface area (Å²) in [5.41, 5.74) is 1.16. The van der Waals surface area contributed by atoms with Gasteiger partial charge >= 0.3 is 0 Å². The quantitative estimate of drug-likeness (QED) is 0.281. The average molecular weight is 481 g/mol. The Balaban J connectivity index is 0.00000312. The van der Waals surface area contributed by atoms with Crippen LogP contribution in [0.25, 0.3) is 0 Å². The molecule has 2 rings (SSSR count). The highest BCUT2D eigenvalue weighted by Gasteiger charge is 2.18. The Labute approximate surface area is 173 Å². The molecule has 0 aliphatic carbocycles. The Morgan fingerprint density at radius 2 is 2.00 bits per heavy atom. The standard InChI is InChI=1S/C17H29ClN6.HI/c1-14(24-10-8-23(3)9-11-24)12-22-17(19-2)20-7-6-15-4-5-16(18)21-13-15;/h4-5,13-14H,6-12H2,1-3H3,(H2,19,20,22);1H. The first kappa shape index (κ1) is 22.4. The van der Waals surface area contributed by atoms with Gasteiger partial charge in [-0.25, -0.2) is 4.98 Å². The van der Waals surface area contributed by atoms with Crippen LogP contribution in [0, 0.1) is 0 Å². The van der Waals surface area contributed by atoms with Gasteiger partial charge in [-0.15, -0.1) is 24.0 Å². The van der Waals surface area contributed by atoms with Crippen LogP contribution in [-0.2, 0) is 6.42 Å². The summed E-state index contributed by atoms with van der Waals surface area (Å²) in [7, 11) is 3.99. The number of hydrogen-bond donors (Lipinski definition) is 2. The number of hydrogen-bond acceptors (Lipinski definition) is 4. The molecule has 0 bridgehead atoms. The lowest BCUT2D eigenvalue weighted by Crippen LogP contribution is -2.52. The number of likely N-dealkylation sites (N-methyl/N-ethyl adjacent to an activating group) is 1. The lowest BCUT2D eigenvalue weighted by molar-refractivity contribution is 0.120. The third-order valence-electron chi connectivity index (χ3n) is 4.44. The van der Waals surface area contributed by atoms with Crippen LogP contribution in [0.5, 0.6) is 0 Å². The molecule has 25 heavy (non-hydrogen) atoms. The lowest BCUT2D eigenvalue weighted by atomic mass is 10.2. The fourth-order valence-corrected chi connectivity index (χ4v) is 2.85. The zero-order chi connectivity index (χ0) is 17.4. The predicted molar refractivity (Wildman–Crippen MR) is 116 cm³/mol. The fourth-order valence-electron chi connectivity index (χ4n) is 2.74. The average Bonchev–Trinajstić information content (AvgIpc) is 2.60. The number of nitrogens with zero attached hydrogens (tertiary/aromatic N) is 4. The summed E-state index contributed by atoms with van der Waals surface area (Å²) in [6.45, 7) is 8.53. The smallest absolute Gasteiger partial charge is 0.191 e. The molecule has 1 aromatic heterocycles. The van der Waals surface area contributed by atoms with E-state index >= 15 is 0 Å². The van der Waals surface area contributed by atoms with Crippen molar-refractivity contribution in [1.29, 1.82) is 0 Å². The van der Waals surface area contributed by atoms with Gasteiger partial charge in [0.25, 0.3) is 0 Å². The van der Waals surface area contributed by atoms with Crippen molar-refractivity contribution in [2.45, 2.75) is 19.4 Å². The number of rotatable bonds is 6. The van der Waals surface area contributed by atoms with Crippen molar-refractivity contribution in [3.05, 3.63) is 29.0 Å². The molecule has 0 amide bonds. The maximum absolute atomic E-state index is 5.80. The summed E-state index contributed by atoms with van der Waals surface area (Å²) in [5, 5.41) is 7.30. The summed E-state index contributed by atoms with van der Waals surface area (Å²) >= 11 is 5.80. The fraction of sp³-hybridized carbons (Fsp3) is 0.647. The molecule has 2 heterocycles. The number of guanidine groups is 1. The number of pyridine rings is 1. The Morgan fingerprint density at radius 3 is 2.60 bits per heavy atom. The molecule has 1 aliphatic heterocycles. The number of halogens is 2. The summed E-state index contributed by atoms with van der Waals surface area (Å²) in [6, 6.07) is 4.32. The molecule has 1 atom stereocenters. The van der Waals surface area contributed by atoms with Crippen molar-refractivity contribution >= 4 is 41.5 Å². The van der Waals surface area contributed by atoms with Crippen LogP contribution < -0.4 is 10.6 Å². The third kappa shape index (κ3) is 8.06. The molecule has 0 aromatic carbocycles. The maximum atomic E-state index is 5.80. The van der Waals surface area contributed by atoms with Gasteiger partial charge in [0.05, 0.1) is 0 Å². The molecule has 0 spiro atoms. The van der Waals surface area contributed by atoms with E-state index in [4.69, 9.17) is 11.6 Å². The largest absolute Gasteiger partial charge is 0.356 e. The molecule has 2 N–H and O–H groups in total. The lowest BCUT2D eigenvalue weighted by Gasteiger charge is -2.36. The highest BCUT2D eigenvalue weighted by atomic mass is 127. The number of aliphatic imine (C=N–C) groups is 1. The van der Waals surface area contributed by atoms with E-state index < -0.39 is 0 Å². The summed E-state index contributed by atoms with van der Waals surface area (Å²) in [5.74, 6) is 0.845. The molecule has 8 heteroatoms. The van der Waals surface area contributed by atoms with E-state index in [0.717, 1.165) is 57.2 Å². The van der Waals surface area contributed by atoms with Crippen molar-refractivity contribution in [1.82, 2.24) is 25.4 Å². The van der Waals surface area contributed by atoms with E-state index in [0.29, 0.717) is 11.2 Å². The first-order valence-corrected chi connectivity index (χ1v) is 8.94. The van der Waals surface area contributed by atoms with E-state index in [1.165, 1.54) is 0 Å². The minimum Gasteiger partial charge on any atom is -0.356 e. The van der Waals surface area contributed by atoms with Crippen molar-refractivity contribution in [3.8, 4) is 0 Å². The van der Waals surface area contributed by atoms with E-state index in [1.807, 2.05) is 18.3 Å². The second-order valence-electron chi connectivity index (χ2n) is 6.31. The number of nitrogens with one attached hydrogen (secondary N) is 2. The van der Waals surface area contributed by atoms with E-state index in [2.05, 4.69) is 44.4 Å². The third-order valence-corrected chi connectivity index (χ3v) is 4.67. The van der Waals surface area contributed by atoms with Gasteiger partial charge in [0.2, 0.25) is 0 Å². The van der Waals surface area contributed by atoms with Gasteiger partial charge in [-0.2, -0.15) is 0 Å². The number of piperazine rings is 1. The Bertz CT molecular complexity index is 516. The molecule has 1 aliphatic rings. The van der Waals surface area contributed by atoms with Gasteiger partial charge in [0.15, 0.2) is 5.96 Å². The first-order valence-electron chi connectivity index (χ1n) is 8.56. The summed E-state index contributed by atoms with van der Waals surface area (Å²) < 4.78 is 0. The molecule has 0 radical (unpaired) electrons. The second kappa shape index (κ2) is 11.9. The normalized spacial score (nSPS) is 17.7. The molecule has 1 saturated heterocycles. The monoisotopic (exact) mass is 480 g/mol. The van der Waals surface area contributed by atoms with Gasteiger partial charge in [0, 0.05) is 58.6 Å². The van der Waals surface area contributed by atoms with Gasteiger partial charge in [0.1, 0.15) is 5.15 Å². The first-order chi connectivity index (χ1) is 11.6. The highest BCUT2D eigenvalue weighted by Crippen LogP contribution is 2.05. The van der Waals surface area contributed by atoms with E-state index in [-0.39, 0.29) is 24.0 Å². The predicted octanol–water partition coefficient (Wildman–Crippen LogP) is 1.70. The zero-order valence-electron chi connectivity index (χ0n) is 15.3. The van der Waals surface area contributed by atoms with Crippen molar-refractivity contribution in [3.63, 3.8) is 0 Å². The molecule has 142 valence electrons. The van der Waals surface area contributed by atoms with Crippen LogP contribution in [0.1, 0.15) is 12.5 Å². The molecule has 1 aromatic rings. The molecular formula is C17H30ClIN6. The van der Waals surface area contributed by atoms with E-state index in [9.17, 15) is 0 Å². The molecule has 1 fully saturated rings. The minimum absolute atomic E-state index is 0. The Hall–Kier alpha value is -0.640. The van der Waals surface area contributed by atoms with Crippen LogP contribution in [0.4, 0.5) is 0 Å². The Kier molecular flexibility index (Phi) is 10.6. The maximum Gasteiger partial charge on any atom is 0.191 e. The van der Waals surface area contributed by atoms with E-state index in [1.54, 1.807) is 7.05 Å². The van der Waals surface area contributed by atoms with Gasteiger partial charge in [-0.05, 0) is 32.0 Å². The summed E-state index contributed by atoms with van der Waals surface area (Å²) in [4.78, 5) is 13.3. The van der Waals surface area contributed by atoms with Crippen LogP contribution in [0.3, 0.4) is 0 Å². The molecule has 6 nitrogen and oxygen atoms in total. The van der Waals surface area contributed by atoms with Crippen LogP contribution in [0.2, 0.25) is 5.15 Å². The minimum atomic E-state index is 0. The van der Waals surface area contributed by atoms with Crippen LogP contribution in [-0.4, -0.2) is 80.1 Å². The molecular weight excluding hydrogens is 451 g/mol. The van der Waals surface area contributed by atoms with Crippen molar-refractivity contribution in [2.24, 2.45) is 4.99 Å². The van der Waals surface area contributed by atoms with Crippen molar-refractivity contribution in [2.75, 3.05) is 53.4 Å². The highest BCUT2D eigenvalue weighted by molar-refractivity contribution is 14.0. The SMILES string of the molecule is CN=C(NCCc1ccc(Cl)nc1)NCC(C)N1CCN(C)CC1.I. The van der Waals surface area contributed by atoms with Gasteiger partial charge < -0.3 is 15.5 Å². The second-order valence-corrected chi connectivity index (χ2v) is 6.69. The van der Waals surface area contributed by atoms with Crippen molar-refractivity contribution < 1.29 is 0 Å². The van der Waals surface area contributed by atoms with Crippen LogP contribution in [0.15, 0.2) is 23.3 Å². The van der Waals surface area contributed by atoms with Gasteiger partial charge in [-0.3, -0.25) is 9.89 Å². The molecule has 0 saturated carbocycles. The van der Waals surface area contributed by atoms with Crippen LogP contribution >= 0.6 is 35.6 Å². The van der Waals surface area contributed by atoms with Gasteiger partial charge in [-0.1, -0.05) is 17.7 Å². The summed E-state index contributed by atoms with van der Waals surface area (Å²) in [6.07, 6.45) is 2.70. The topological polar surface area (TPSA) is 55.8 Å². The zero-order valence-corrected chi connectivity index (χ0v) is 18.4.